The number of nitrogens with zero attached hydrogens (tertiary/aromatic N) is 1. The van der Waals surface area contributed by atoms with Crippen LogP contribution in [0.5, 0.6) is 0 Å². The van der Waals surface area contributed by atoms with Crippen LogP contribution in [0.15, 0.2) is 18.3 Å². The predicted molar refractivity (Wildman–Crippen MR) is 68.6 cm³/mol. The molecule has 1 unspecified atom stereocenters. The van der Waals surface area contributed by atoms with E-state index >= 15 is 0 Å². The second-order valence-corrected chi connectivity index (χ2v) is 4.78. The molecule has 102 valence electrons. The van der Waals surface area contributed by atoms with Crippen molar-refractivity contribution >= 4 is 11.9 Å². The Morgan fingerprint density at radius 2 is 2.26 bits per heavy atom. The van der Waals surface area contributed by atoms with Crippen molar-refractivity contribution in [1.29, 1.82) is 0 Å². The lowest BCUT2D eigenvalue weighted by molar-refractivity contribution is -0.126. The summed E-state index contributed by atoms with van der Waals surface area (Å²) in [7, 11) is 0. The predicted octanol–water partition coefficient (Wildman–Crippen LogP) is 0.251. The van der Waals surface area contributed by atoms with Crippen LogP contribution in [0.2, 0.25) is 0 Å². The van der Waals surface area contributed by atoms with Crippen molar-refractivity contribution < 1.29 is 14.7 Å². The van der Waals surface area contributed by atoms with E-state index in [1.165, 1.54) is 12.3 Å². The van der Waals surface area contributed by atoms with Crippen LogP contribution in [0.3, 0.4) is 0 Å². The maximum absolute atomic E-state index is 11.9. The molecule has 3 N–H and O–H groups in total. The molecule has 1 aromatic rings. The Balaban J connectivity index is 1.84. The fourth-order valence-electron chi connectivity index (χ4n) is 1.88. The van der Waals surface area contributed by atoms with E-state index in [2.05, 4.69) is 15.6 Å². The summed E-state index contributed by atoms with van der Waals surface area (Å²) in [5.41, 5.74) is 0.793. The lowest BCUT2D eigenvalue weighted by Gasteiger charge is -2.31. The summed E-state index contributed by atoms with van der Waals surface area (Å²) in [5, 5.41) is 14.7. The fraction of sp³-hybridized carbons (Fsp3) is 0.462. The van der Waals surface area contributed by atoms with Gasteiger partial charge in [0.1, 0.15) is 5.69 Å². The molecule has 1 aliphatic rings. The molecular formula is C13H17N3O3. The number of carbonyl (C=O) groups is 2. The van der Waals surface area contributed by atoms with Crippen molar-refractivity contribution in [3.05, 3.63) is 29.6 Å². The number of aromatic nitrogens is 1. The van der Waals surface area contributed by atoms with Gasteiger partial charge in [-0.3, -0.25) is 4.79 Å². The molecule has 6 heteroatoms. The zero-order valence-corrected chi connectivity index (χ0v) is 10.7. The van der Waals surface area contributed by atoms with E-state index in [4.69, 9.17) is 5.11 Å². The normalized spacial score (nSPS) is 16.5. The molecule has 1 aromatic heterocycles. The molecule has 0 saturated carbocycles. The maximum Gasteiger partial charge on any atom is 0.354 e. The molecule has 0 bridgehead atoms. The minimum absolute atomic E-state index is 0.00369. The first kappa shape index (κ1) is 13.5. The zero-order chi connectivity index (χ0) is 13.8. The Kier molecular flexibility index (Phi) is 4.11. The number of amides is 1. The van der Waals surface area contributed by atoms with Crippen molar-refractivity contribution in [2.75, 3.05) is 13.1 Å². The lowest BCUT2D eigenvalue weighted by atomic mass is 9.88. The largest absolute Gasteiger partial charge is 0.477 e. The highest BCUT2D eigenvalue weighted by atomic mass is 16.4. The lowest BCUT2D eigenvalue weighted by Crippen LogP contribution is -2.49. The van der Waals surface area contributed by atoms with E-state index in [9.17, 15) is 9.59 Å². The average Bonchev–Trinajstić information content (AvgIpc) is 2.34. The highest BCUT2D eigenvalue weighted by Crippen LogP contribution is 2.15. The van der Waals surface area contributed by atoms with Crippen LogP contribution in [0.4, 0.5) is 0 Å². The minimum atomic E-state index is -1.05. The number of aromatic carboxylic acids is 1. The van der Waals surface area contributed by atoms with Gasteiger partial charge in [-0.25, -0.2) is 9.78 Å². The molecule has 0 aromatic carbocycles. The second-order valence-electron chi connectivity index (χ2n) is 4.78. The monoisotopic (exact) mass is 263 g/mol. The van der Waals surface area contributed by atoms with Gasteiger partial charge in [-0.2, -0.15) is 0 Å². The van der Waals surface area contributed by atoms with Crippen molar-refractivity contribution in [2.24, 2.45) is 11.8 Å². The number of rotatable bonds is 5. The molecule has 1 saturated heterocycles. The van der Waals surface area contributed by atoms with E-state index in [-0.39, 0.29) is 17.5 Å². The van der Waals surface area contributed by atoms with E-state index < -0.39 is 5.97 Å². The third-order valence-electron chi connectivity index (χ3n) is 3.44. The molecule has 1 amide bonds. The number of hydrogen-bond acceptors (Lipinski definition) is 4. The zero-order valence-electron chi connectivity index (χ0n) is 10.7. The molecule has 1 aliphatic heterocycles. The smallest absolute Gasteiger partial charge is 0.354 e. The number of carboxylic acids is 1. The van der Waals surface area contributed by atoms with Crippen LogP contribution in [0.25, 0.3) is 0 Å². The number of carboxylic acid groups (broad SMARTS) is 1. The summed E-state index contributed by atoms with van der Waals surface area (Å²) in [4.78, 5) is 26.3. The Labute approximate surface area is 111 Å². The van der Waals surface area contributed by atoms with Gasteiger partial charge in [-0.05, 0) is 30.6 Å². The van der Waals surface area contributed by atoms with Crippen molar-refractivity contribution in [2.45, 2.75) is 13.5 Å². The first-order valence-corrected chi connectivity index (χ1v) is 6.24. The number of nitrogens with one attached hydrogen (secondary N) is 2. The van der Waals surface area contributed by atoms with Gasteiger partial charge in [0.25, 0.3) is 0 Å². The molecular weight excluding hydrogens is 246 g/mol. The number of hydrogen-bond donors (Lipinski definition) is 3. The van der Waals surface area contributed by atoms with E-state index in [1.54, 1.807) is 6.07 Å². The summed E-state index contributed by atoms with van der Waals surface area (Å²) >= 11 is 0. The second kappa shape index (κ2) is 5.79. The van der Waals surface area contributed by atoms with Gasteiger partial charge in [0.05, 0.1) is 0 Å². The fourth-order valence-corrected chi connectivity index (χ4v) is 1.88. The Morgan fingerprint density at radius 3 is 2.74 bits per heavy atom. The van der Waals surface area contributed by atoms with Crippen LogP contribution in [0.1, 0.15) is 23.0 Å². The third-order valence-corrected chi connectivity index (χ3v) is 3.44. The highest BCUT2D eigenvalue weighted by Gasteiger charge is 2.28. The van der Waals surface area contributed by atoms with Gasteiger partial charge in [0.15, 0.2) is 0 Å². The Hall–Kier alpha value is -1.95. The average molecular weight is 263 g/mol. The summed E-state index contributed by atoms with van der Waals surface area (Å²) in [6.45, 7) is 4.08. The minimum Gasteiger partial charge on any atom is -0.477 e. The SMILES string of the molecule is CC(C(=O)NCc1ccc(C(=O)O)nc1)C1CNC1. The van der Waals surface area contributed by atoms with E-state index in [0.29, 0.717) is 12.5 Å². The molecule has 2 rings (SSSR count). The van der Waals surface area contributed by atoms with Gasteiger partial charge >= 0.3 is 5.97 Å². The van der Waals surface area contributed by atoms with E-state index in [0.717, 1.165) is 18.7 Å². The third kappa shape index (κ3) is 3.29. The van der Waals surface area contributed by atoms with Crippen LogP contribution in [0, 0.1) is 11.8 Å². The van der Waals surface area contributed by atoms with Crippen LogP contribution in [-0.4, -0.2) is 35.1 Å². The van der Waals surface area contributed by atoms with Gasteiger partial charge < -0.3 is 15.7 Å². The molecule has 0 aliphatic carbocycles. The van der Waals surface area contributed by atoms with Gasteiger partial charge in [-0.1, -0.05) is 13.0 Å². The Bertz CT molecular complexity index is 469. The summed E-state index contributed by atoms with van der Waals surface area (Å²) in [5.74, 6) is -0.629. The molecule has 0 spiro atoms. The van der Waals surface area contributed by atoms with Crippen molar-refractivity contribution in [1.82, 2.24) is 15.6 Å². The van der Waals surface area contributed by atoms with Crippen molar-refractivity contribution in [3.63, 3.8) is 0 Å². The molecule has 19 heavy (non-hydrogen) atoms. The standard InChI is InChI=1S/C13H17N3O3/c1-8(10-6-14-7-10)12(17)16-5-9-2-3-11(13(18)19)15-4-9/h2-4,8,10,14H,5-7H2,1H3,(H,16,17)(H,18,19). The highest BCUT2D eigenvalue weighted by molar-refractivity contribution is 5.85. The maximum atomic E-state index is 11.9. The van der Waals surface area contributed by atoms with E-state index in [1.807, 2.05) is 6.92 Å². The van der Waals surface area contributed by atoms with Crippen LogP contribution >= 0.6 is 0 Å². The van der Waals surface area contributed by atoms with Crippen LogP contribution in [-0.2, 0) is 11.3 Å². The van der Waals surface area contributed by atoms with Gasteiger partial charge in [0.2, 0.25) is 5.91 Å². The summed E-state index contributed by atoms with van der Waals surface area (Å²) < 4.78 is 0. The topological polar surface area (TPSA) is 91.3 Å². The number of carbonyl (C=O) groups excluding carboxylic acids is 1. The summed E-state index contributed by atoms with van der Waals surface area (Å²) in [6, 6.07) is 3.09. The Morgan fingerprint density at radius 1 is 1.53 bits per heavy atom. The molecule has 1 atom stereocenters. The van der Waals surface area contributed by atoms with Crippen LogP contribution < -0.4 is 10.6 Å². The molecule has 1 fully saturated rings. The first-order valence-electron chi connectivity index (χ1n) is 6.24. The summed E-state index contributed by atoms with van der Waals surface area (Å²) in [6.07, 6.45) is 1.47. The first-order chi connectivity index (χ1) is 9.08. The number of pyridine rings is 1. The molecule has 2 heterocycles. The molecule has 6 nitrogen and oxygen atoms in total. The quantitative estimate of drug-likeness (QED) is 0.708. The van der Waals surface area contributed by atoms with Crippen molar-refractivity contribution in [3.8, 4) is 0 Å². The van der Waals surface area contributed by atoms with Gasteiger partial charge in [0, 0.05) is 18.7 Å². The van der Waals surface area contributed by atoms with Gasteiger partial charge in [-0.15, -0.1) is 0 Å². The molecule has 0 radical (unpaired) electrons.